The Hall–Kier alpha value is -3.36. The molecule has 0 saturated carbocycles. The van der Waals surface area contributed by atoms with Gasteiger partial charge in [-0.05, 0) is 29.8 Å². The van der Waals surface area contributed by atoms with Gasteiger partial charge in [0.1, 0.15) is 11.6 Å². The molecule has 30 heavy (non-hydrogen) atoms. The second kappa shape index (κ2) is 9.43. The number of carbonyl (C=O) groups is 1. The first-order valence-corrected chi connectivity index (χ1v) is 9.34. The van der Waals surface area contributed by atoms with E-state index in [1.807, 2.05) is 6.07 Å². The summed E-state index contributed by atoms with van der Waals surface area (Å²) < 4.78 is 11.6. The molecule has 156 valence electrons. The summed E-state index contributed by atoms with van der Waals surface area (Å²) >= 11 is 6.20. The van der Waals surface area contributed by atoms with Crippen LogP contribution in [0.15, 0.2) is 49.3 Å². The normalized spacial score (nSPS) is 10.5. The molecule has 0 radical (unpaired) electrons. The molecule has 0 aliphatic carbocycles. The van der Waals surface area contributed by atoms with Gasteiger partial charge >= 0.3 is 5.97 Å². The molecule has 0 unspecified atom stereocenters. The summed E-state index contributed by atoms with van der Waals surface area (Å²) in [5.74, 6) is 0.716. The number of rotatable bonds is 8. The third-order valence-electron chi connectivity index (χ3n) is 4.42. The zero-order valence-corrected chi connectivity index (χ0v) is 17.3. The minimum atomic E-state index is -0.584. The van der Waals surface area contributed by atoms with Crippen LogP contribution in [0.3, 0.4) is 0 Å². The minimum absolute atomic E-state index is 0.120. The van der Waals surface area contributed by atoms with E-state index in [1.165, 1.54) is 13.3 Å². The lowest BCUT2D eigenvalue weighted by Crippen LogP contribution is -2.12. The average molecular weight is 429 g/mol. The van der Waals surface area contributed by atoms with Crippen LogP contribution in [-0.4, -0.2) is 39.8 Å². The fraction of sp³-hybridized carbons (Fsp3) is 0.190. The van der Waals surface area contributed by atoms with Gasteiger partial charge < -0.3 is 19.9 Å². The Balaban J connectivity index is 1.96. The van der Waals surface area contributed by atoms with Gasteiger partial charge in [-0.25, -0.2) is 9.78 Å². The highest BCUT2D eigenvalue weighted by Crippen LogP contribution is 2.27. The number of esters is 1. The van der Waals surface area contributed by atoms with Crippen LogP contribution in [0, 0.1) is 0 Å². The van der Waals surface area contributed by atoms with Crippen LogP contribution in [0.25, 0.3) is 11.5 Å². The first-order chi connectivity index (χ1) is 14.5. The molecule has 0 aliphatic rings. The molecule has 3 aromatic rings. The number of carbonyl (C=O) groups excluding carboxylic acids is 1. The molecule has 0 saturated heterocycles. The van der Waals surface area contributed by atoms with Gasteiger partial charge in [0.25, 0.3) is 0 Å². The van der Waals surface area contributed by atoms with Gasteiger partial charge in [-0.3, -0.25) is 4.57 Å². The molecule has 3 rings (SSSR count). The van der Waals surface area contributed by atoms with Crippen LogP contribution in [0.2, 0.25) is 5.02 Å². The Morgan fingerprint density at radius 3 is 2.80 bits per heavy atom. The van der Waals surface area contributed by atoms with Crippen molar-refractivity contribution >= 4 is 29.0 Å². The molecule has 1 aromatic carbocycles. The molecule has 0 amide bonds. The molecule has 8 nitrogen and oxygen atoms in total. The first kappa shape index (κ1) is 21.4. The number of benzene rings is 1. The summed E-state index contributed by atoms with van der Waals surface area (Å²) in [4.78, 5) is 20.8. The summed E-state index contributed by atoms with van der Waals surface area (Å²) in [6, 6.07) is 8.96. The van der Waals surface area contributed by atoms with Crippen molar-refractivity contribution in [2.45, 2.75) is 13.2 Å². The van der Waals surface area contributed by atoms with Gasteiger partial charge in [-0.2, -0.15) is 4.98 Å². The summed E-state index contributed by atoms with van der Waals surface area (Å²) in [7, 11) is 2.83. The number of aliphatic hydroxyl groups excluding tert-OH is 1. The summed E-state index contributed by atoms with van der Waals surface area (Å²) in [5.41, 5.74) is 2.03. The topological polar surface area (TPSA) is 98.5 Å². The maximum atomic E-state index is 12.0. The van der Waals surface area contributed by atoms with Crippen LogP contribution in [0.1, 0.15) is 16.8 Å². The van der Waals surface area contributed by atoms with Crippen molar-refractivity contribution in [1.29, 1.82) is 0 Å². The molecule has 0 aliphatic heterocycles. The van der Waals surface area contributed by atoms with E-state index in [9.17, 15) is 9.90 Å². The molecule has 0 bridgehead atoms. The van der Waals surface area contributed by atoms with E-state index in [-0.39, 0.29) is 12.2 Å². The number of nitrogens with zero attached hydrogens (tertiary/aromatic N) is 3. The van der Waals surface area contributed by atoms with Crippen molar-refractivity contribution in [3.05, 3.63) is 71.1 Å². The third kappa shape index (κ3) is 4.45. The molecule has 0 spiro atoms. The Morgan fingerprint density at radius 2 is 2.13 bits per heavy atom. The second-order valence-corrected chi connectivity index (χ2v) is 6.66. The van der Waals surface area contributed by atoms with Crippen LogP contribution in [-0.2, 0) is 22.7 Å². The second-order valence-electron chi connectivity index (χ2n) is 6.25. The summed E-state index contributed by atoms with van der Waals surface area (Å²) in [6.45, 7) is 4.00. The predicted molar refractivity (Wildman–Crippen MR) is 114 cm³/mol. The standard InChI is InChI=1S/C21H21ClN4O4/c1-13(20(28)30-3)16-11-24-21(26-8-4-5-15(26)12-27)25-19(16)23-10-14-6-7-18(29-2)17(22)9-14/h4-9,11,27H,1,10,12H2,2-3H3,(H,23,24,25). The maximum absolute atomic E-state index is 12.0. The van der Waals surface area contributed by atoms with E-state index in [2.05, 4.69) is 21.9 Å². The van der Waals surface area contributed by atoms with Crippen molar-refractivity contribution < 1.29 is 19.4 Å². The number of methoxy groups -OCH3 is 2. The van der Waals surface area contributed by atoms with Crippen LogP contribution >= 0.6 is 11.6 Å². The quantitative estimate of drug-likeness (QED) is 0.420. The highest BCUT2D eigenvalue weighted by atomic mass is 35.5. The highest BCUT2D eigenvalue weighted by Gasteiger charge is 2.18. The number of ether oxygens (including phenoxy) is 2. The molecule has 0 atom stereocenters. The molecule has 2 heterocycles. The van der Waals surface area contributed by atoms with E-state index in [0.717, 1.165) is 5.56 Å². The number of nitrogens with one attached hydrogen (secondary N) is 1. The van der Waals surface area contributed by atoms with Crippen LogP contribution in [0.4, 0.5) is 5.82 Å². The van der Waals surface area contributed by atoms with Crippen LogP contribution in [0.5, 0.6) is 5.75 Å². The Bertz CT molecular complexity index is 1080. The lowest BCUT2D eigenvalue weighted by Gasteiger charge is -2.15. The van der Waals surface area contributed by atoms with Gasteiger partial charge in [0.2, 0.25) is 5.95 Å². The summed E-state index contributed by atoms with van der Waals surface area (Å²) in [5, 5.41) is 13.2. The van der Waals surface area contributed by atoms with E-state index in [0.29, 0.717) is 40.3 Å². The third-order valence-corrected chi connectivity index (χ3v) is 4.72. The minimum Gasteiger partial charge on any atom is -0.495 e. The fourth-order valence-corrected chi connectivity index (χ4v) is 3.10. The molecule has 9 heteroatoms. The van der Waals surface area contributed by atoms with Gasteiger partial charge in [-0.1, -0.05) is 24.2 Å². The SMILES string of the molecule is C=C(C(=O)OC)c1cnc(-n2cccc2CO)nc1NCc1ccc(OC)c(Cl)c1. The Kier molecular flexibility index (Phi) is 6.71. The van der Waals surface area contributed by atoms with Crippen molar-refractivity contribution in [2.75, 3.05) is 19.5 Å². The van der Waals surface area contributed by atoms with Crippen molar-refractivity contribution in [1.82, 2.24) is 14.5 Å². The fourth-order valence-electron chi connectivity index (χ4n) is 2.82. The van der Waals surface area contributed by atoms with Gasteiger partial charge in [0, 0.05) is 24.5 Å². The molecule has 0 fully saturated rings. The first-order valence-electron chi connectivity index (χ1n) is 8.96. The molecular formula is C21H21ClN4O4. The van der Waals surface area contributed by atoms with E-state index >= 15 is 0 Å². The van der Waals surface area contributed by atoms with Crippen molar-refractivity contribution in [3.8, 4) is 11.7 Å². The zero-order valence-electron chi connectivity index (χ0n) is 16.6. The van der Waals surface area contributed by atoms with E-state index < -0.39 is 5.97 Å². The highest BCUT2D eigenvalue weighted by molar-refractivity contribution is 6.32. The summed E-state index contributed by atoms with van der Waals surface area (Å²) in [6.07, 6.45) is 3.23. The maximum Gasteiger partial charge on any atom is 0.338 e. The number of hydrogen-bond acceptors (Lipinski definition) is 7. The van der Waals surface area contributed by atoms with E-state index in [1.54, 1.807) is 42.1 Å². The van der Waals surface area contributed by atoms with Gasteiger partial charge in [-0.15, -0.1) is 0 Å². The number of aliphatic hydroxyl groups is 1. The number of halogens is 1. The number of anilines is 1. The Labute approximate surface area is 178 Å². The number of hydrogen-bond donors (Lipinski definition) is 2. The zero-order chi connectivity index (χ0) is 21.7. The lowest BCUT2D eigenvalue weighted by molar-refractivity contribution is -0.133. The molecule has 2 N–H and O–H groups in total. The van der Waals surface area contributed by atoms with Crippen molar-refractivity contribution in [2.24, 2.45) is 0 Å². The van der Waals surface area contributed by atoms with E-state index in [4.69, 9.17) is 21.1 Å². The lowest BCUT2D eigenvalue weighted by atomic mass is 10.1. The van der Waals surface area contributed by atoms with Crippen LogP contribution < -0.4 is 10.1 Å². The average Bonchev–Trinajstić information content (AvgIpc) is 3.25. The van der Waals surface area contributed by atoms with Gasteiger partial charge in [0.05, 0.1) is 37.1 Å². The molecule has 2 aromatic heterocycles. The Morgan fingerprint density at radius 1 is 1.33 bits per heavy atom. The molecular weight excluding hydrogens is 408 g/mol. The number of aromatic nitrogens is 3. The smallest absolute Gasteiger partial charge is 0.338 e. The van der Waals surface area contributed by atoms with Crippen molar-refractivity contribution in [3.63, 3.8) is 0 Å². The van der Waals surface area contributed by atoms with Gasteiger partial charge in [0.15, 0.2) is 0 Å². The monoisotopic (exact) mass is 428 g/mol. The largest absolute Gasteiger partial charge is 0.495 e. The predicted octanol–water partition coefficient (Wildman–Crippen LogP) is 3.22.